The Balaban J connectivity index is 2.90. The Hall–Kier alpha value is -2.67. The predicted molar refractivity (Wildman–Crippen MR) is 72.5 cm³/mol. The van der Waals surface area contributed by atoms with Crippen LogP contribution in [0.3, 0.4) is 0 Å². The van der Waals surface area contributed by atoms with E-state index < -0.39 is 28.8 Å². The molecule has 3 N–H and O–H groups in total. The molecule has 1 amide bonds. The van der Waals surface area contributed by atoms with Crippen molar-refractivity contribution in [3.63, 3.8) is 0 Å². The highest BCUT2D eigenvalue weighted by Crippen LogP contribution is 2.19. The van der Waals surface area contributed by atoms with Crippen LogP contribution in [0.5, 0.6) is 0 Å². The van der Waals surface area contributed by atoms with Crippen LogP contribution in [0.2, 0.25) is 5.02 Å². The van der Waals surface area contributed by atoms with Crippen LogP contribution in [0.25, 0.3) is 5.69 Å². The van der Waals surface area contributed by atoms with Crippen molar-refractivity contribution in [2.24, 2.45) is 5.73 Å². The van der Waals surface area contributed by atoms with Crippen LogP contribution in [0.1, 0.15) is 20.8 Å². The summed E-state index contributed by atoms with van der Waals surface area (Å²) in [6.07, 6.45) is 0. The number of primary amides is 1. The number of carboxylic acids is 1. The largest absolute Gasteiger partial charge is 0.477 e. The second-order valence-corrected chi connectivity index (χ2v) is 4.45. The van der Waals surface area contributed by atoms with Crippen LogP contribution in [0.15, 0.2) is 35.1 Å². The molecule has 1 aromatic carbocycles. The van der Waals surface area contributed by atoms with Gasteiger partial charge in [0.05, 0.1) is 5.02 Å². The highest BCUT2D eigenvalue weighted by molar-refractivity contribution is 6.33. The van der Waals surface area contributed by atoms with E-state index in [2.05, 4.69) is 0 Å². The molecular formula is C13H8ClFN2O4. The van der Waals surface area contributed by atoms with Crippen LogP contribution < -0.4 is 11.3 Å². The lowest BCUT2D eigenvalue weighted by molar-refractivity contribution is 0.0693. The maximum atomic E-state index is 12.9. The molecule has 2 rings (SSSR count). The van der Waals surface area contributed by atoms with Crippen molar-refractivity contribution in [1.29, 1.82) is 0 Å². The molecule has 0 unspecified atom stereocenters. The van der Waals surface area contributed by atoms with Gasteiger partial charge in [-0.3, -0.25) is 14.2 Å². The number of carbonyl (C=O) groups is 2. The summed E-state index contributed by atoms with van der Waals surface area (Å²) in [5.41, 5.74) is 3.24. The molecule has 6 nitrogen and oxygen atoms in total. The summed E-state index contributed by atoms with van der Waals surface area (Å²) in [5, 5.41) is 8.70. The predicted octanol–water partition coefficient (Wildman–Crippen LogP) is 1.43. The molecule has 21 heavy (non-hydrogen) atoms. The average Bonchev–Trinajstić information content (AvgIpc) is 2.41. The quantitative estimate of drug-likeness (QED) is 0.895. The smallest absolute Gasteiger partial charge is 0.341 e. The number of aromatic nitrogens is 1. The number of carboxylic acid groups (broad SMARTS) is 1. The minimum absolute atomic E-state index is 0.0696. The monoisotopic (exact) mass is 310 g/mol. The molecule has 0 saturated heterocycles. The second kappa shape index (κ2) is 5.37. The Bertz CT molecular complexity index is 799. The minimum Gasteiger partial charge on any atom is -0.477 e. The van der Waals surface area contributed by atoms with Gasteiger partial charge in [-0.15, -0.1) is 0 Å². The number of halogens is 2. The lowest BCUT2D eigenvalue weighted by Gasteiger charge is -2.13. The van der Waals surface area contributed by atoms with Gasteiger partial charge in [0.15, 0.2) is 0 Å². The summed E-state index contributed by atoms with van der Waals surface area (Å²) in [6.45, 7) is 0. The standard InChI is InChI=1S/C13H8ClFN2O4/c14-9-5-8(13(20)21)12(19)17(10(9)11(16)18)7-3-1-6(15)2-4-7/h1-5H,(H2,16,18)(H,20,21). The van der Waals surface area contributed by atoms with E-state index in [0.717, 1.165) is 22.8 Å². The van der Waals surface area contributed by atoms with Crippen molar-refractivity contribution in [1.82, 2.24) is 4.57 Å². The average molecular weight is 311 g/mol. The summed E-state index contributed by atoms with van der Waals surface area (Å²) in [7, 11) is 0. The maximum absolute atomic E-state index is 12.9. The van der Waals surface area contributed by atoms with Gasteiger partial charge in [0.1, 0.15) is 17.1 Å². The van der Waals surface area contributed by atoms with Gasteiger partial charge in [0.2, 0.25) is 0 Å². The first-order chi connectivity index (χ1) is 9.82. The first kappa shape index (κ1) is 14.7. The highest BCUT2D eigenvalue weighted by Gasteiger charge is 2.22. The number of aromatic carboxylic acids is 1. The van der Waals surface area contributed by atoms with Crippen molar-refractivity contribution < 1.29 is 19.1 Å². The van der Waals surface area contributed by atoms with E-state index in [-0.39, 0.29) is 16.4 Å². The third-order valence-corrected chi connectivity index (χ3v) is 2.99. The molecule has 0 bridgehead atoms. The fourth-order valence-corrected chi connectivity index (χ4v) is 2.09. The topological polar surface area (TPSA) is 102 Å². The number of rotatable bonds is 3. The van der Waals surface area contributed by atoms with Gasteiger partial charge in [-0.1, -0.05) is 11.6 Å². The molecule has 0 spiro atoms. The number of nitrogens with zero attached hydrogens (tertiary/aromatic N) is 1. The van der Waals surface area contributed by atoms with Crippen molar-refractivity contribution in [2.75, 3.05) is 0 Å². The normalized spacial score (nSPS) is 10.4. The zero-order chi connectivity index (χ0) is 15.7. The summed E-state index contributed by atoms with van der Waals surface area (Å²) >= 11 is 5.83. The number of nitrogens with two attached hydrogens (primary N) is 1. The number of hydrogen-bond donors (Lipinski definition) is 2. The van der Waals surface area contributed by atoms with Gasteiger partial charge >= 0.3 is 5.97 Å². The van der Waals surface area contributed by atoms with Gasteiger partial charge in [0.25, 0.3) is 11.5 Å². The Morgan fingerprint density at radius 3 is 2.29 bits per heavy atom. The summed E-state index contributed by atoms with van der Waals surface area (Å²) in [5.74, 6) is -3.08. The Morgan fingerprint density at radius 2 is 1.81 bits per heavy atom. The fourth-order valence-electron chi connectivity index (χ4n) is 1.80. The number of amides is 1. The first-order valence-electron chi connectivity index (χ1n) is 5.57. The highest BCUT2D eigenvalue weighted by atomic mass is 35.5. The molecule has 8 heteroatoms. The van der Waals surface area contributed by atoms with Crippen molar-refractivity contribution in [2.45, 2.75) is 0 Å². The molecule has 108 valence electrons. The lowest BCUT2D eigenvalue weighted by atomic mass is 10.2. The van der Waals surface area contributed by atoms with Gasteiger partial charge in [-0.05, 0) is 30.3 Å². The van der Waals surface area contributed by atoms with E-state index in [1.807, 2.05) is 0 Å². The third-order valence-electron chi connectivity index (χ3n) is 2.70. The van der Waals surface area contributed by atoms with E-state index in [9.17, 15) is 18.8 Å². The van der Waals surface area contributed by atoms with Crippen LogP contribution in [0, 0.1) is 5.82 Å². The van der Waals surface area contributed by atoms with E-state index in [0.29, 0.717) is 0 Å². The zero-order valence-corrected chi connectivity index (χ0v) is 11.1. The van der Waals surface area contributed by atoms with Crippen molar-refractivity contribution in [3.05, 3.63) is 62.8 Å². The summed E-state index contributed by atoms with van der Waals surface area (Å²) < 4.78 is 13.7. The van der Waals surface area contributed by atoms with E-state index >= 15 is 0 Å². The number of pyridine rings is 1. The van der Waals surface area contributed by atoms with E-state index in [1.165, 1.54) is 12.1 Å². The molecule has 0 fully saturated rings. The molecular weight excluding hydrogens is 303 g/mol. The Kier molecular flexibility index (Phi) is 3.77. The molecule has 0 aliphatic heterocycles. The van der Waals surface area contributed by atoms with Crippen LogP contribution in [0.4, 0.5) is 4.39 Å². The second-order valence-electron chi connectivity index (χ2n) is 4.04. The molecule has 0 atom stereocenters. The Labute approximate surface area is 122 Å². The molecule has 1 heterocycles. The summed E-state index contributed by atoms with van der Waals surface area (Å²) in [4.78, 5) is 34.7. The van der Waals surface area contributed by atoms with Crippen LogP contribution >= 0.6 is 11.6 Å². The van der Waals surface area contributed by atoms with Gasteiger partial charge in [0, 0.05) is 5.69 Å². The SMILES string of the molecule is NC(=O)c1c(Cl)cc(C(=O)O)c(=O)n1-c1ccc(F)cc1. The molecule has 0 aliphatic rings. The minimum atomic E-state index is -1.51. The van der Waals surface area contributed by atoms with Crippen LogP contribution in [-0.2, 0) is 0 Å². The molecule has 1 aromatic heterocycles. The van der Waals surface area contributed by atoms with Gasteiger partial charge < -0.3 is 10.8 Å². The van der Waals surface area contributed by atoms with Crippen molar-refractivity contribution in [3.8, 4) is 5.69 Å². The number of carbonyl (C=O) groups excluding carboxylic acids is 1. The third kappa shape index (κ3) is 2.63. The maximum Gasteiger partial charge on any atom is 0.341 e. The first-order valence-corrected chi connectivity index (χ1v) is 5.95. The number of hydrogen-bond acceptors (Lipinski definition) is 3. The molecule has 2 aromatic rings. The Morgan fingerprint density at radius 1 is 1.24 bits per heavy atom. The molecule has 0 aliphatic carbocycles. The molecule has 0 saturated carbocycles. The van der Waals surface area contributed by atoms with Crippen molar-refractivity contribution >= 4 is 23.5 Å². The van der Waals surface area contributed by atoms with E-state index in [1.54, 1.807) is 0 Å². The molecule has 0 radical (unpaired) electrons. The zero-order valence-electron chi connectivity index (χ0n) is 10.3. The van der Waals surface area contributed by atoms with Crippen LogP contribution in [-0.4, -0.2) is 21.6 Å². The van der Waals surface area contributed by atoms with Gasteiger partial charge in [-0.25, -0.2) is 9.18 Å². The van der Waals surface area contributed by atoms with Gasteiger partial charge in [-0.2, -0.15) is 0 Å². The number of benzene rings is 1. The fraction of sp³-hybridized carbons (Fsp3) is 0. The lowest BCUT2D eigenvalue weighted by Crippen LogP contribution is -2.32. The van der Waals surface area contributed by atoms with E-state index in [4.69, 9.17) is 22.4 Å². The summed E-state index contributed by atoms with van der Waals surface area (Å²) in [6, 6.07) is 5.35.